The lowest BCUT2D eigenvalue weighted by Gasteiger charge is -2.33. The fourth-order valence-electron chi connectivity index (χ4n) is 4.83. The summed E-state index contributed by atoms with van der Waals surface area (Å²) in [6.45, 7) is 10.8. The molecule has 0 aliphatic carbocycles. The first-order valence-corrected chi connectivity index (χ1v) is 12.2. The van der Waals surface area contributed by atoms with Crippen molar-refractivity contribution in [2.24, 2.45) is 5.41 Å². The van der Waals surface area contributed by atoms with Gasteiger partial charge >= 0.3 is 5.69 Å². The molecule has 0 bridgehead atoms. The first-order valence-electron chi connectivity index (χ1n) is 12.2. The third-order valence-corrected chi connectivity index (χ3v) is 6.56. The number of benzene rings is 1. The summed E-state index contributed by atoms with van der Waals surface area (Å²) in [6.07, 6.45) is 3.15. The van der Waals surface area contributed by atoms with Crippen LogP contribution in [0.25, 0.3) is 22.2 Å². The molecule has 0 radical (unpaired) electrons. The molecule has 0 unspecified atom stereocenters. The van der Waals surface area contributed by atoms with Crippen LogP contribution in [0.2, 0.25) is 0 Å². The van der Waals surface area contributed by atoms with E-state index in [0.29, 0.717) is 30.1 Å². The fraction of sp³-hybridized carbons (Fsp3) is 0.480. The number of nitrogens with one attached hydrogen (secondary N) is 2. The average Bonchev–Trinajstić information content (AvgIpc) is 3.39. The first kappa shape index (κ1) is 23.1. The highest BCUT2D eigenvalue weighted by Gasteiger charge is 2.28. The van der Waals surface area contributed by atoms with Crippen molar-refractivity contribution in [3.05, 3.63) is 46.9 Å². The van der Waals surface area contributed by atoms with Crippen LogP contribution in [0.3, 0.4) is 0 Å². The van der Waals surface area contributed by atoms with Crippen molar-refractivity contribution in [1.29, 1.82) is 0 Å². The van der Waals surface area contributed by atoms with Crippen LogP contribution >= 0.6 is 0 Å². The Kier molecular flexibility index (Phi) is 5.82. The minimum Gasteiger partial charge on any atom is -0.355 e. The Morgan fingerprint density at radius 1 is 1.17 bits per heavy atom. The lowest BCUT2D eigenvalue weighted by Crippen LogP contribution is -2.37. The summed E-state index contributed by atoms with van der Waals surface area (Å²) < 4.78 is 3.72. The number of anilines is 1. The van der Waals surface area contributed by atoms with Gasteiger partial charge in [0.2, 0.25) is 5.82 Å². The molecule has 1 aliphatic rings. The van der Waals surface area contributed by atoms with Crippen LogP contribution in [0.5, 0.6) is 0 Å². The van der Waals surface area contributed by atoms with E-state index in [2.05, 4.69) is 45.9 Å². The number of para-hydroxylation sites is 2. The van der Waals surface area contributed by atoms with Gasteiger partial charge < -0.3 is 19.8 Å². The largest absolute Gasteiger partial charge is 0.355 e. The minimum atomic E-state index is -0.205. The summed E-state index contributed by atoms with van der Waals surface area (Å²) in [7, 11) is 0. The van der Waals surface area contributed by atoms with Gasteiger partial charge in [0, 0.05) is 32.2 Å². The number of carbonyl (C=O) groups is 1. The van der Waals surface area contributed by atoms with Gasteiger partial charge in [0.15, 0.2) is 17.0 Å². The fourth-order valence-corrected chi connectivity index (χ4v) is 4.83. The molecule has 5 rings (SSSR count). The molecule has 1 aliphatic heterocycles. The van der Waals surface area contributed by atoms with E-state index in [1.54, 1.807) is 6.33 Å². The zero-order chi connectivity index (χ0) is 24.7. The zero-order valence-corrected chi connectivity index (χ0v) is 20.7. The topological polar surface area (TPSA) is 114 Å². The lowest BCUT2D eigenvalue weighted by molar-refractivity contribution is 0.0925. The maximum Gasteiger partial charge on any atom is 0.326 e. The van der Waals surface area contributed by atoms with Gasteiger partial charge in [0.05, 0.1) is 11.0 Å². The second kappa shape index (κ2) is 8.83. The van der Waals surface area contributed by atoms with E-state index in [9.17, 15) is 9.59 Å². The predicted octanol–water partition coefficient (Wildman–Crippen LogP) is 3.11. The monoisotopic (exact) mass is 476 g/mol. The van der Waals surface area contributed by atoms with E-state index >= 15 is 0 Å². The van der Waals surface area contributed by atoms with Gasteiger partial charge in [-0.05, 0) is 37.3 Å². The molecule has 10 heteroatoms. The van der Waals surface area contributed by atoms with Gasteiger partial charge in [-0.15, -0.1) is 0 Å². The number of fused-ring (bicyclic) bond motifs is 2. The molecule has 10 nitrogen and oxygen atoms in total. The third kappa shape index (κ3) is 4.28. The van der Waals surface area contributed by atoms with Crippen LogP contribution in [0.15, 0.2) is 35.4 Å². The molecule has 4 heterocycles. The van der Waals surface area contributed by atoms with Crippen molar-refractivity contribution in [3.8, 4) is 0 Å². The van der Waals surface area contributed by atoms with E-state index < -0.39 is 0 Å². The number of imidazole rings is 2. The molecule has 0 spiro atoms. The highest BCUT2D eigenvalue weighted by molar-refractivity contribution is 5.96. The predicted molar refractivity (Wildman–Crippen MR) is 136 cm³/mol. The minimum absolute atomic E-state index is 0.0270. The summed E-state index contributed by atoms with van der Waals surface area (Å²) >= 11 is 0. The Balaban J connectivity index is 1.41. The van der Waals surface area contributed by atoms with Gasteiger partial charge in [-0.2, -0.15) is 0 Å². The van der Waals surface area contributed by atoms with Gasteiger partial charge in [-0.3, -0.25) is 9.36 Å². The van der Waals surface area contributed by atoms with E-state index in [4.69, 9.17) is 4.98 Å². The quantitative estimate of drug-likeness (QED) is 0.458. The second-order valence-corrected chi connectivity index (χ2v) is 10.3. The maximum absolute atomic E-state index is 13.0. The van der Waals surface area contributed by atoms with Crippen molar-refractivity contribution in [1.82, 2.24) is 34.4 Å². The molecule has 3 aromatic heterocycles. The van der Waals surface area contributed by atoms with Crippen molar-refractivity contribution in [2.75, 3.05) is 24.5 Å². The molecule has 1 saturated heterocycles. The Hall–Kier alpha value is -3.69. The average molecular weight is 477 g/mol. The van der Waals surface area contributed by atoms with E-state index in [0.717, 1.165) is 42.8 Å². The van der Waals surface area contributed by atoms with E-state index in [-0.39, 0.29) is 23.1 Å². The molecule has 0 atom stereocenters. The van der Waals surface area contributed by atoms with Gasteiger partial charge in [0.1, 0.15) is 6.33 Å². The highest BCUT2D eigenvalue weighted by atomic mass is 16.2. The summed E-state index contributed by atoms with van der Waals surface area (Å²) in [5, 5.41) is 3.00. The molecule has 4 aromatic rings. The van der Waals surface area contributed by atoms with E-state index in [1.165, 1.54) is 0 Å². The van der Waals surface area contributed by atoms with Gasteiger partial charge in [0.25, 0.3) is 5.91 Å². The van der Waals surface area contributed by atoms with Crippen LogP contribution in [0.1, 0.15) is 57.2 Å². The number of H-pyrrole nitrogens is 1. The number of hydrogen-bond acceptors (Lipinski definition) is 6. The molecule has 0 saturated carbocycles. The molecule has 1 fully saturated rings. The molecule has 184 valence electrons. The molecule has 2 N–H and O–H groups in total. The van der Waals surface area contributed by atoms with E-state index in [1.807, 2.05) is 40.3 Å². The molecular weight excluding hydrogens is 444 g/mol. The van der Waals surface area contributed by atoms with Crippen molar-refractivity contribution >= 4 is 33.9 Å². The number of piperidine rings is 1. The SMILES string of the molecule is CCn1c(C(=O)NCC(C)(C)C)nc2c(N3CCC(n4c(=O)[nH]c5ccccc54)CC3)ncnc21. The van der Waals surface area contributed by atoms with Crippen LogP contribution in [-0.2, 0) is 6.54 Å². The van der Waals surface area contributed by atoms with Crippen LogP contribution in [0, 0.1) is 5.41 Å². The molecule has 1 amide bonds. The Bertz CT molecular complexity index is 1430. The summed E-state index contributed by atoms with van der Waals surface area (Å²) in [5.41, 5.74) is 3.00. The smallest absolute Gasteiger partial charge is 0.326 e. The maximum atomic E-state index is 13.0. The standard InChI is InChI=1S/C25H32N8O2/c1-5-32-21-19(30-22(32)23(34)26-14-25(2,3)4)20(27-15-28-21)31-12-10-16(11-13-31)33-18-9-7-6-8-17(18)29-24(33)35/h6-9,15-16H,5,10-14H2,1-4H3,(H,26,34)(H,29,35). The summed E-state index contributed by atoms with van der Waals surface area (Å²) in [5.74, 6) is 0.883. The number of aromatic amines is 1. The number of rotatable bonds is 5. The van der Waals surface area contributed by atoms with Crippen LogP contribution < -0.4 is 15.9 Å². The molecule has 35 heavy (non-hydrogen) atoms. The lowest BCUT2D eigenvalue weighted by atomic mass is 9.97. The van der Waals surface area contributed by atoms with Gasteiger partial charge in [-0.1, -0.05) is 32.9 Å². The van der Waals surface area contributed by atoms with Crippen molar-refractivity contribution in [2.45, 2.75) is 53.1 Å². The molecular formula is C25H32N8O2. The number of nitrogens with zero attached hydrogens (tertiary/aromatic N) is 6. The van der Waals surface area contributed by atoms with Crippen LogP contribution in [0.4, 0.5) is 5.82 Å². The van der Waals surface area contributed by atoms with Gasteiger partial charge in [-0.25, -0.2) is 19.7 Å². The Labute approximate surface area is 203 Å². The number of aromatic nitrogens is 6. The zero-order valence-electron chi connectivity index (χ0n) is 20.7. The van der Waals surface area contributed by atoms with Crippen molar-refractivity contribution in [3.63, 3.8) is 0 Å². The van der Waals surface area contributed by atoms with Crippen LogP contribution in [-0.4, -0.2) is 54.6 Å². The molecule has 1 aromatic carbocycles. The third-order valence-electron chi connectivity index (χ3n) is 6.56. The summed E-state index contributed by atoms with van der Waals surface area (Å²) in [4.78, 5) is 44.4. The number of hydrogen-bond donors (Lipinski definition) is 2. The Morgan fingerprint density at radius 3 is 2.63 bits per heavy atom. The number of aryl methyl sites for hydroxylation is 1. The second-order valence-electron chi connectivity index (χ2n) is 10.3. The normalized spacial score (nSPS) is 15.3. The number of amides is 1. The summed E-state index contributed by atoms with van der Waals surface area (Å²) in [6, 6.07) is 7.91. The first-order chi connectivity index (χ1) is 16.8. The van der Waals surface area contributed by atoms with Crippen molar-refractivity contribution < 1.29 is 4.79 Å². The number of carbonyl (C=O) groups excluding carboxylic acids is 1. The Morgan fingerprint density at radius 2 is 1.91 bits per heavy atom. The highest BCUT2D eigenvalue weighted by Crippen LogP contribution is 2.30.